The maximum atomic E-state index is 12.4. The predicted molar refractivity (Wildman–Crippen MR) is 109 cm³/mol. The molecule has 1 fully saturated rings. The van der Waals surface area contributed by atoms with Gasteiger partial charge in [0.2, 0.25) is 0 Å². The van der Waals surface area contributed by atoms with Crippen LogP contribution in [-0.2, 0) is 9.53 Å². The molecule has 0 bridgehead atoms. The first-order chi connectivity index (χ1) is 13.7. The van der Waals surface area contributed by atoms with Gasteiger partial charge in [-0.25, -0.2) is 0 Å². The first-order valence-electron chi connectivity index (χ1n) is 8.93. The molecule has 0 amide bonds. The van der Waals surface area contributed by atoms with Crippen LogP contribution in [0.5, 0.6) is 5.75 Å². The van der Waals surface area contributed by atoms with E-state index in [1.165, 1.54) is 7.11 Å². The number of thioether (sulfide) groups is 1. The number of Topliss-reactive ketones (excluding diaryl/α,β-unsaturated/α-hetero) is 1. The largest absolute Gasteiger partial charge is 0.497 e. The van der Waals surface area contributed by atoms with E-state index < -0.39 is 12.0 Å². The average molecular weight is 396 g/mol. The van der Waals surface area contributed by atoms with Gasteiger partial charge in [0, 0.05) is 28.4 Å². The number of carbonyl (C=O) groups excluding carboxylic acids is 2. The molecule has 0 aliphatic carbocycles. The fraction of sp³-hybridized carbons (Fsp3) is 0.238. The number of esters is 1. The number of rotatable bonds is 6. The standard InChI is InChI=1S/C21H20N2O4S/c1-26-14-5-2-4-13(10-14)19(24)11-27-21(25)18-12-28-20(23-18)16-6-3-7-17-15(16)8-9-22-17/h2-10,18,20,22-23H,11-12H2,1H3/t18-,20+/m0/s1. The number of fused-ring (bicyclic) bond motifs is 1. The summed E-state index contributed by atoms with van der Waals surface area (Å²) in [6, 6.07) is 14.5. The quantitative estimate of drug-likeness (QED) is 0.492. The predicted octanol–water partition coefficient (Wildman–Crippen LogP) is 3.31. The van der Waals surface area contributed by atoms with Gasteiger partial charge in [-0.15, -0.1) is 11.8 Å². The monoisotopic (exact) mass is 396 g/mol. The Kier molecular flexibility index (Phi) is 5.36. The maximum absolute atomic E-state index is 12.4. The summed E-state index contributed by atoms with van der Waals surface area (Å²) in [4.78, 5) is 27.9. The first kappa shape index (κ1) is 18.6. The summed E-state index contributed by atoms with van der Waals surface area (Å²) in [5.74, 6) is 0.518. The minimum Gasteiger partial charge on any atom is -0.497 e. The van der Waals surface area contributed by atoms with E-state index in [-0.39, 0.29) is 17.8 Å². The number of hydrogen-bond acceptors (Lipinski definition) is 6. The van der Waals surface area contributed by atoms with E-state index in [1.54, 1.807) is 36.0 Å². The summed E-state index contributed by atoms with van der Waals surface area (Å²) in [5, 5.41) is 4.45. The Morgan fingerprint density at radius 3 is 2.89 bits per heavy atom. The van der Waals surface area contributed by atoms with E-state index in [0.717, 1.165) is 16.5 Å². The normalized spacial score (nSPS) is 18.9. The van der Waals surface area contributed by atoms with Crippen LogP contribution in [0.3, 0.4) is 0 Å². The van der Waals surface area contributed by atoms with Gasteiger partial charge in [-0.05, 0) is 29.8 Å². The number of carbonyl (C=O) groups is 2. The number of H-pyrrole nitrogens is 1. The van der Waals surface area contributed by atoms with Gasteiger partial charge >= 0.3 is 5.97 Å². The fourth-order valence-corrected chi connectivity index (χ4v) is 4.51. The first-order valence-corrected chi connectivity index (χ1v) is 9.98. The van der Waals surface area contributed by atoms with Crippen LogP contribution in [0.25, 0.3) is 10.9 Å². The molecule has 28 heavy (non-hydrogen) atoms. The van der Waals surface area contributed by atoms with Crippen LogP contribution >= 0.6 is 11.8 Å². The van der Waals surface area contributed by atoms with E-state index in [0.29, 0.717) is 17.1 Å². The average Bonchev–Trinajstić information content (AvgIpc) is 3.41. The SMILES string of the molecule is COc1cccc(C(=O)COC(=O)[C@@H]2CS[C@H](c3cccc4[nH]ccc34)N2)c1. The van der Waals surface area contributed by atoms with Crippen molar-refractivity contribution in [1.29, 1.82) is 0 Å². The Hall–Kier alpha value is -2.77. The number of aromatic nitrogens is 1. The van der Waals surface area contributed by atoms with Crippen molar-refractivity contribution in [3.63, 3.8) is 0 Å². The molecule has 2 aromatic carbocycles. The molecule has 144 valence electrons. The Bertz CT molecular complexity index is 1020. The molecular formula is C21H20N2O4S. The van der Waals surface area contributed by atoms with Gasteiger partial charge in [0.15, 0.2) is 12.4 Å². The Balaban J connectivity index is 1.36. The van der Waals surface area contributed by atoms with Gasteiger partial charge < -0.3 is 14.5 Å². The van der Waals surface area contributed by atoms with Crippen molar-refractivity contribution >= 4 is 34.4 Å². The molecule has 6 nitrogen and oxygen atoms in total. The Labute approximate surface area is 166 Å². The summed E-state index contributed by atoms with van der Waals surface area (Å²) in [5.41, 5.74) is 2.65. The lowest BCUT2D eigenvalue weighted by molar-refractivity contribution is -0.144. The zero-order valence-corrected chi connectivity index (χ0v) is 16.1. The van der Waals surface area contributed by atoms with Gasteiger partial charge in [-0.2, -0.15) is 0 Å². The summed E-state index contributed by atoms with van der Waals surface area (Å²) in [6.45, 7) is -0.285. The molecule has 7 heteroatoms. The summed E-state index contributed by atoms with van der Waals surface area (Å²) >= 11 is 1.66. The zero-order valence-electron chi connectivity index (χ0n) is 15.3. The molecule has 3 aromatic rings. The third-order valence-electron chi connectivity index (χ3n) is 4.72. The van der Waals surface area contributed by atoms with Crippen molar-refractivity contribution in [3.05, 3.63) is 65.9 Å². The van der Waals surface area contributed by atoms with Crippen LogP contribution in [0.15, 0.2) is 54.7 Å². The van der Waals surface area contributed by atoms with Gasteiger partial charge in [-0.3, -0.25) is 14.9 Å². The second-order valence-electron chi connectivity index (χ2n) is 6.48. The summed E-state index contributed by atoms with van der Waals surface area (Å²) in [6.07, 6.45) is 1.91. The van der Waals surface area contributed by atoms with Crippen molar-refractivity contribution in [2.75, 3.05) is 19.5 Å². The Morgan fingerprint density at radius 2 is 2.04 bits per heavy atom. The molecule has 2 atom stereocenters. The number of ether oxygens (including phenoxy) is 2. The van der Waals surface area contributed by atoms with Gasteiger partial charge in [-0.1, -0.05) is 24.3 Å². The van der Waals surface area contributed by atoms with Crippen LogP contribution in [0.2, 0.25) is 0 Å². The molecule has 2 N–H and O–H groups in total. The summed E-state index contributed by atoms with van der Waals surface area (Å²) < 4.78 is 10.4. The minimum absolute atomic E-state index is 0.00568. The van der Waals surface area contributed by atoms with Gasteiger partial charge in [0.1, 0.15) is 11.8 Å². The third-order valence-corrected chi connectivity index (χ3v) is 5.96. The van der Waals surface area contributed by atoms with E-state index in [9.17, 15) is 9.59 Å². The molecular weight excluding hydrogens is 376 g/mol. The Morgan fingerprint density at radius 1 is 1.18 bits per heavy atom. The van der Waals surface area contributed by atoms with E-state index in [1.807, 2.05) is 24.4 Å². The number of methoxy groups -OCH3 is 1. The molecule has 1 saturated heterocycles. The lowest BCUT2D eigenvalue weighted by atomic mass is 10.1. The second kappa shape index (κ2) is 8.08. The molecule has 0 unspecified atom stereocenters. The topological polar surface area (TPSA) is 80.4 Å². The van der Waals surface area contributed by atoms with Crippen LogP contribution < -0.4 is 10.1 Å². The van der Waals surface area contributed by atoms with Crippen LogP contribution in [0.1, 0.15) is 21.3 Å². The molecule has 1 aromatic heterocycles. The fourth-order valence-electron chi connectivity index (χ4n) is 3.24. The molecule has 2 heterocycles. The highest BCUT2D eigenvalue weighted by Crippen LogP contribution is 2.36. The molecule has 0 spiro atoms. The molecule has 1 aliphatic rings. The van der Waals surface area contributed by atoms with Crippen molar-refractivity contribution in [3.8, 4) is 5.75 Å². The highest BCUT2D eigenvalue weighted by atomic mass is 32.2. The van der Waals surface area contributed by atoms with E-state index in [2.05, 4.69) is 16.4 Å². The number of aromatic amines is 1. The highest BCUT2D eigenvalue weighted by Gasteiger charge is 2.32. The van der Waals surface area contributed by atoms with Crippen molar-refractivity contribution in [1.82, 2.24) is 10.3 Å². The number of nitrogens with one attached hydrogen (secondary N) is 2. The number of benzene rings is 2. The third kappa shape index (κ3) is 3.76. The zero-order chi connectivity index (χ0) is 19.5. The van der Waals surface area contributed by atoms with Crippen molar-refractivity contribution < 1.29 is 19.1 Å². The van der Waals surface area contributed by atoms with Gasteiger partial charge in [0.25, 0.3) is 0 Å². The van der Waals surface area contributed by atoms with Crippen molar-refractivity contribution in [2.24, 2.45) is 0 Å². The molecule has 4 rings (SSSR count). The van der Waals surface area contributed by atoms with Crippen LogP contribution in [0.4, 0.5) is 0 Å². The van der Waals surface area contributed by atoms with E-state index >= 15 is 0 Å². The molecule has 0 saturated carbocycles. The minimum atomic E-state index is -0.442. The lowest BCUT2D eigenvalue weighted by Gasteiger charge is -2.14. The van der Waals surface area contributed by atoms with Crippen LogP contribution in [0, 0.1) is 0 Å². The van der Waals surface area contributed by atoms with Gasteiger partial charge in [0.05, 0.1) is 12.5 Å². The molecule has 1 aliphatic heterocycles. The number of hydrogen-bond donors (Lipinski definition) is 2. The van der Waals surface area contributed by atoms with Crippen molar-refractivity contribution in [2.45, 2.75) is 11.4 Å². The smallest absolute Gasteiger partial charge is 0.324 e. The summed E-state index contributed by atoms with van der Waals surface area (Å²) in [7, 11) is 1.54. The number of ketones is 1. The highest BCUT2D eigenvalue weighted by molar-refractivity contribution is 7.99. The van der Waals surface area contributed by atoms with E-state index in [4.69, 9.17) is 9.47 Å². The molecule has 0 radical (unpaired) electrons. The lowest BCUT2D eigenvalue weighted by Crippen LogP contribution is -2.36. The maximum Gasteiger partial charge on any atom is 0.324 e. The van der Waals surface area contributed by atoms with Crippen LogP contribution in [-0.4, -0.2) is 42.2 Å². The second-order valence-corrected chi connectivity index (χ2v) is 7.62.